The van der Waals surface area contributed by atoms with Crippen molar-refractivity contribution in [1.29, 1.82) is 0 Å². The molecule has 0 aliphatic heterocycles. The van der Waals surface area contributed by atoms with Crippen LogP contribution in [0.25, 0.3) is 10.9 Å². The van der Waals surface area contributed by atoms with Gasteiger partial charge in [0.15, 0.2) is 0 Å². The van der Waals surface area contributed by atoms with Crippen molar-refractivity contribution in [2.75, 3.05) is 26.6 Å². The van der Waals surface area contributed by atoms with Gasteiger partial charge in [-0.2, -0.15) is 0 Å². The number of alkyl halides is 1. The SMILES string of the molecule is COc1ccc(OC)c2[nH]c(=O)c(CCNC(=O)CCl)cc12. The fraction of sp³-hybridized carbons (Fsp3) is 0.333. The van der Waals surface area contributed by atoms with Crippen LogP contribution in [0.2, 0.25) is 0 Å². The molecule has 6 nitrogen and oxygen atoms in total. The number of halogens is 1. The Balaban J connectivity index is 2.38. The summed E-state index contributed by atoms with van der Waals surface area (Å²) in [4.78, 5) is 26.1. The molecule has 0 saturated carbocycles. The lowest BCUT2D eigenvalue weighted by molar-refractivity contribution is -0.118. The molecule has 0 aliphatic carbocycles. The third-order valence-electron chi connectivity index (χ3n) is 3.29. The number of hydrogen-bond donors (Lipinski definition) is 2. The van der Waals surface area contributed by atoms with Gasteiger partial charge < -0.3 is 19.8 Å². The van der Waals surface area contributed by atoms with Crippen LogP contribution >= 0.6 is 11.6 Å². The monoisotopic (exact) mass is 324 g/mol. The highest BCUT2D eigenvalue weighted by atomic mass is 35.5. The molecule has 0 bridgehead atoms. The number of rotatable bonds is 6. The van der Waals surface area contributed by atoms with Crippen LogP contribution in [0.4, 0.5) is 0 Å². The minimum atomic E-state index is -0.266. The summed E-state index contributed by atoms with van der Waals surface area (Å²) in [5.74, 6) is 0.838. The summed E-state index contributed by atoms with van der Waals surface area (Å²) in [6.07, 6.45) is 0.397. The quantitative estimate of drug-likeness (QED) is 0.788. The van der Waals surface area contributed by atoms with Crippen LogP contribution in [-0.2, 0) is 11.2 Å². The normalized spacial score (nSPS) is 10.5. The Hall–Kier alpha value is -2.21. The molecule has 1 aromatic carbocycles. The number of methoxy groups -OCH3 is 2. The van der Waals surface area contributed by atoms with Crippen molar-refractivity contribution in [3.05, 3.63) is 34.1 Å². The molecule has 0 aliphatic rings. The Morgan fingerprint density at radius 1 is 1.27 bits per heavy atom. The topological polar surface area (TPSA) is 80.4 Å². The number of aromatic nitrogens is 1. The van der Waals surface area contributed by atoms with Crippen LogP contribution in [0.15, 0.2) is 23.0 Å². The summed E-state index contributed by atoms with van der Waals surface area (Å²) in [6, 6.07) is 5.26. The van der Waals surface area contributed by atoms with Gasteiger partial charge in [-0.1, -0.05) is 0 Å². The van der Waals surface area contributed by atoms with Crippen LogP contribution in [0.1, 0.15) is 5.56 Å². The molecule has 0 unspecified atom stereocenters. The van der Waals surface area contributed by atoms with Crippen molar-refractivity contribution >= 4 is 28.4 Å². The van der Waals surface area contributed by atoms with E-state index in [0.29, 0.717) is 35.5 Å². The predicted molar refractivity (Wildman–Crippen MR) is 85.1 cm³/mol. The number of carbonyl (C=O) groups is 1. The molecule has 7 heteroatoms. The molecule has 22 heavy (non-hydrogen) atoms. The van der Waals surface area contributed by atoms with E-state index in [-0.39, 0.29) is 17.3 Å². The molecule has 1 aromatic heterocycles. The van der Waals surface area contributed by atoms with E-state index < -0.39 is 0 Å². The second-order valence-electron chi connectivity index (χ2n) is 4.62. The van der Waals surface area contributed by atoms with Gasteiger partial charge in [0.2, 0.25) is 5.91 Å². The van der Waals surface area contributed by atoms with Crippen LogP contribution < -0.4 is 20.3 Å². The van der Waals surface area contributed by atoms with Gasteiger partial charge in [-0.15, -0.1) is 11.6 Å². The van der Waals surface area contributed by atoms with E-state index in [9.17, 15) is 9.59 Å². The number of fused-ring (bicyclic) bond motifs is 1. The van der Waals surface area contributed by atoms with Gasteiger partial charge in [0.1, 0.15) is 17.4 Å². The van der Waals surface area contributed by atoms with E-state index >= 15 is 0 Å². The highest BCUT2D eigenvalue weighted by Crippen LogP contribution is 2.31. The average molecular weight is 325 g/mol. The first-order chi connectivity index (χ1) is 10.6. The van der Waals surface area contributed by atoms with Gasteiger partial charge in [0.25, 0.3) is 5.56 Å². The predicted octanol–water partition coefficient (Wildman–Crippen LogP) is 1.44. The summed E-state index contributed by atoms with van der Waals surface area (Å²) in [6.45, 7) is 0.340. The first kappa shape index (κ1) is 16.2. The zero-order valence-corrected chi connectivity index (χ0v) is 13.1. The van der Waals surface area contributed by atoms with E-state index in [2.05, 4.69) is 10.3 Å². The highest BCUT2D eigenvalue weighted by Gasteiger charge is 2.11. The number of ether oxygens (including phenoxy) is 2. The molecular formula is C15H17ClN2O4. The second kappa shape index (κ2) is 7.17. The van der Waals surface area contributed by atoms with E-state index in [0.717, 1.165) is 5.39 Å². The Kier molecular flexibility index (Phi) is 5.27. The minimum Gasteiger partial charge on any atom is -0.496 e. The number of pyridine rings is 1. The fourth-order valence-electron chi connectivity index (χ4n) is 2.20. The lowest BCUT2D eigenvalue weighted by atomic mass is 10.1. The number of nitrogens with one attached hydrogen (secondary N) is 2. The Labute approximate surface area is 132 Å². The highest BCUT2D eigenvalue weighted by molar-refractivity contribution is 6.27. The van der Waals surface area contributed by atoms with E-state index in [1.54, 1.807) is 25.3 Å². The molecule has 1 heterocycles. The van der Waals surface area contributed by atoms with E-state index in [1.807, 2.05) is 0 Å². The second-order valence-corrected chi connectivity index (χ2v) is 4.88. The molecular weight excluding hydrogens is 308 g/mol. The number of H-pyrrole nitrogens is 1. The zero-order chi connectivity index (χ0) is 16.1. The molecule has 0 fully saturated rings. The summed E-state index contributed by atoms with van der Waals surface area (Å²) < 4.78 is 10.6. The van der Waals surface area contributed by atoms with E-state index in [4.69, 9.17) is 21.1 Å². The molecule has 1 amide bonds. The Morgan fingerprint density at radius 3 is 2.59 bits per heavy atom. The lowest BCUT2D eigenvalue weighted by Gasteiger charge is -2.11. The van der Waals surface area contributed by atoms with Crippen molar-refractivity contribution in [2.24, 2.45) is 0 Å². The molecule has 0 atom stereocenters. The third-order valence-corrected chi connectivity index (χ3v) is 3.54. The molecule has 0 spiro atoms. The van der Waals surface area contributed by atoms with Crippen LogP contribution in [0.3, 0.4) is 0 Å². The summed E-state index contributed by atoms with van der Waals surface area (Å²) in [5, 5.41) is 3.38. The smallest absolute Gasteiger partial charge is 0.251 e. The Bertz CT molecular complexity index is 742. The molecule has 2 N–H and O–H groups in total. The first-order valence-corrected chi connectivity index (χ1v) is 7.23. The number of aromatic amines is 1. The molecule has 0 saturated heterocycles. The van der Waals surface area contributed by atoms with Gasteiger partial charge in [-0.3, -0.25) is 9.59 Å². The number of hydrogen-bond acceptors (Lipinski definition) is 4. The molecule has 2 aromatic rings. The van der Waals surface area contributed by atoms with Crippen LogP contribution in [-0.4, -0.2) is 37.5 Å². The van der Waals surface area contributed by atoms with Crippen molar-refractivity contribution in [3.63, 3.8) is 0 Å². The van der Waals surface area contributed by atoms with Gasteiger partial charge >= 0.3 is 0 Å². The van der Waals surface area contributed by atoms with Crippen molar-refractivity contribution in [3.8, 4) is 11.5 Å². The third kappa shape index (κ3) is 3.33. The maximum Gasteiger partial charge on any atom is 0.251 e. The number of benzene rings is 1. The van der Waals surface area contributed by atoms with Crippen molar-refractivity contribution in [1.82, 2.24) is 10.3 Å². The maximum absolute atomic E-state index is 12.2. The fourth-order valence-corrected chi connectivity index (χ4v) is 2.30. The Morgan fingerprint density at radius 2 is 1.95 bits per heavy atom. The van der Waals surface area contributed by atoms with Crippen LogP contribution in [0, 0.1) is 0 Å². The maximum atomic E-state index is 12.2. The minimum absolute atomic E-state index is 0.0981. The summed E-state index contributed by atoms with van der Waals surface area (Å²) >= 11 is 5.41. The first-order valence-electron chi connectivity index (χ1n) is 6.70. The van der Waals surface area contributed by atoms with Gasteiger partial charge in [-0.05, 0) is 24.6 Å². The van der Waals surface area contributed by atoms with Gasteiger partial charge in [-0.25, -0.2) is 0 Å². The number of amides is 1. The lowest BCUT2D eigenvalue weighted by Crippen LogP contribution is -2.28. The number of carbonyl (C=O) groups excluding carboxylic acids is 1. The average Bonchev–Trinajstić information content (AvgIpc) is 2.54. The van der Waals surface area contributed by atoms with Crippen molar-refractivity contribution < 1.29 is 14.3 Å². The molecule has 118 valence electrons. The zero-order valence-electron chi connectivity index (χ0n) is 12.4. The van der Waals surface area contributed by atoms with E-state index in [1.165, 1.54) is 7.11 Å². The van der Waals surface area contributed by atoms with Crippen molar-refractivity contribution in [2.45, 2.75) is 6.42 Å². The largest absolute Gasteiger partial charge is 0.496 e. The summed E-state index contributed by atoms with van der Waals surface area (Å²) in [7, 11) is 3.10. The summed E-state index contributed by atoms with van der Waals surface area (Å²) in [5.41, 5.74) is 0.911. The molecule has 2 rings (SSSR count). The molecule has 0 radical (unpaired) electrons. The van der Waals surface area contributed by atoms with Crippen LogP contribution in [0.5, 0.6) is 11.5 Å². The van der Waals surface area contributed by atoms with Gasteiger partial charge in [0, 0.05) is 17.5 Å². The standard InChI is InChI=1S/C15H17ClN2O4/c1-21-11-3-4-12(22-2)14-10(11)7-9(15(20)18-14)5-6-17-13(19)8-16/h3-4,7H,5-6,8H2,1-2H3,(H,17,19)(H,18,20). The van der Waals surface area contributed by atoms with Gasteiger partial charge in [0.05, 0.1) is 19.7 Å².